The zero-order valence-corrected chi connectivity index (χ0v) is 20.8. The van der Waals surface area contributed by atoms with Crippen LogP contribution in [0.1, 0.15) is 57.1 Å². The number of amides is 1. The summed E-state index contributed by atoms with van der Waals surface area (Å²) < 4.78 is 41.5. The van der Waals surface area contributed by atoms with Gasteiger partial charge < -0.3 is 15.7 Å². The first-order chi connectivity index (χ1) is 16.1. The number of carbonyl (C=O) groups is 1. The molecule has 184 valence electrons. The van der Waals surface area contributed by atoms with E-state index in [-0.39, 0.29) is 28.1 Å². The first-order valence-corrected chi connectivity index (χ1v) is 14.0. The Morgan fingerprint density at radius 3 is 2.76 bits per heavy atom. The van der Waals surface area contributed by atoms with Crippen molar-refractivity contribution < 1.29 is 22.7 Å². The maximum Gasteiger partial charge on any atom is 0.247 e. The maximum absolute atomic E-state index is 13.7. The highest BCUT2D eigenvalue weighted by Gasteiger charge is 2.40. The number of sulfone groups is 1. The predicted molar refractivity (Wildman–Crippen MR) is 128 cm³/mol. The van der Waals surface area contributed by atoms with E-state index in [0.29, 0.717) is 43.0 Å². The molecule has 2 fully saturated rings. The second-order valence-electron chi connectivity index (χ2n) is 9.83. The molecule has 2 saturated carbocycles. The second-order valence-corrected chi connectivity index (χ2v) is 13.4. The van der Waals surface area contributed by atoms with Crippen LogP contribution < -0.4 is 10.6 Å². The van der Waals surface area contributed by atoms with Crippen molar-refractivity contribution in [3.63, 3.8) is 0 Å². The molecule has 11 heteroatoms. The first-order valence-electron chi connectivity index (χ1n) is 11.6. The van der Waals surface area contributed by atoms with Crippen molar-refractivity contribution >= 4 is 38.4 Å². The van der Waals surface area contributed by atoms with E-state index in [1.807, 2.05) is 13.0 Å². The normalized spacial score (nSPS) is 28.1. The van der Waals surface area contributed by atoms with E-state index in [1.165, 1.54) is 12.4 Å². The molecule has 34 heavy (non-hydrogen) atoms. The fraction of sp³-hybridized carbons (Fsp3) is 0.565. The van der Waals surface area contributed by atoms with E-state index >= 15 is 0 Å². The zero-order chi connectivity index (χ0) is 24.3. The average molecular weight is 509 g/mol. The Labute approximate surface area is 202 Å². The molecule has 0 spiro atoms. The van der Waals surface area contributed by atoms with Gasteiger partial charge in [-0.3, -0.25) is 9.48 Å². The molecule has 2 heterocycles. The number of nitrogens with zero attached hydrogens (tertiary/aromatic N) is 2. The monoisotopic (exact) mass is 508 g/mol. The van der Waals surface area contributed by atoms with E-state index in [9.17, 15) is 22.7 Å². The number of aromatic nitrogens is 2. The van der Waals surface area contributed by atoms with E-state index < -0.39 is 26.0 Å². The summed E-state index contributed by atoms with van der Waals surface area (Å²) in [6.07, 6.45) is 6.21. The summed E-state index contributed by atoms with van der Waals surface area (Å²) in [7, 11) is -3.46. The Morgan fingerprint density at radius 1 is 1.38 bits per heavy atom. The maximum atomic E-state index is 13.7. The molecule has 0 saturated heterocycles. The van der Waals surface area contributed by atoms with Gasteiger partial charge in [0.05, 0.1) is 28.0 Å². The third-order valence-corrected chi connectivity index (χ3v) is 10.1. The Balaban J connectivity index is 1.53. The number of thioether (sulfide) groups is 1. The van der Waals surface area contributed by atoms with Crippen molar-refractivity contribution in [3.8, 4) is 0 Å². The van der Waals surface area contributed by atoms with Crippen LogP contribution in [-0.2, 0) is 14.6 Å². The molecule has 1 amide bonds. The number of aliphatic hydroxyl groups is 1. The summed E-state index contributed by atoms with van der Waals surface area (Å²) >= 11 is 0.878. The average Bonchev–Trinajstić information content (AvgIpc) is 3.32. The summed E-state index contributed by atoms with van der Waals surface area (Å²) in [4.78, 5) is 12.8. The van der Waals surface area contributed by atoms with Crippen LogP contribution in [0.4, 0.5) is 4.39 Å². The molecule has 2 unspecified atom stereocenters. The standard InChI is InChI=1S/C23H29FN4O4S2/c1-13-7-18-17(20(8-13)34(31,32)16-5-6-16)11-26-28(18)19(10-14-3-4-15(29)9-14)22(30)27-23(2)25-12-21(24)33-23/h7-8,11-12,14-16,19,25,29H,3-6,9-10H2,1-2H3,(H,27,30)/t14-,15?,19-,23?/m0/s1. The molecule has 2 aliphatic carbocycles. The lowest BCUT2D eigenvalue weighted by molar-refractivity contribution is -0.126. The SMILES string of the molecule is Cc1cc(S(=O)(=O)C2CC2)c2cnn([C@@H](C[C@H]3CCC(O)C3)C(=O)NC3(C)NC=C(F)S3)c2c1. The van der Waals surface area contributed by atoms with E-state index in [4.69, 9.17) is 0 Å². The summed E-state index contributed by atoms with van der Waals surface area (Å²) in [6, 6.07) is 2.79. The summed E-state index contributed by atoms with van der Waals surface area (Å²) in [6.45, 7) is 3.51. The Kier molecular flexibility index (Phi) is 5.92. The molecule has 1 aromatic heterocycles. The zero-order valence-electron chi connectivity index (χ0n) is 19.1. The van der Waals surface area contributed by atoms with Crippen LogP contribution in [0.3, 0.4) is 0 Å². The number of hydrogen-bond acceptors (Lipinski definition) is 7. The lowest BCUT2D eigenvalue weighted by Gasteiger charge is -2.29. The summed E-state index contributed by atoms with van der Waals surface area (Å²) in [5, 5.41) is 20.0. The van der Waals surface area contributed by atoms with Crippen LogP contribution in [0.5, 0.6) is 0 Å². The highest BCUT2D eigenvalue weighted by Crippen LogP contribution is 2.39. The Morgan fingerprint density at radius 2 is 2.15 bits per heavy atom. The van der Waals surface area contributed by atoms with Crippen molar-refractivity contribution in [2.75, 3.05) is 0 Å². The van der Waals surface area contributed by atoms with Gasteiger partial charge in [-0.05, 0) is 87.7 Å². The number of rotatable bonds is 7. The van der Waals surface area contributed by atoms with Gasteiger partial charge in [-0.2, -0.15) is 9.49 Å². The number of nitrogens with one attached hydrogen (secondary N) is 2. The number of hydrogen-bond donors (Lipinski definition) is 3. The third-order valence-electron chi connectivity index (χ3n) is 6.88. The third kappa shape index (κ3) is 4.45. The van der Waals surface area contributed by atoms with Gasteiger partial charge in [-0.15, -0.1) is 0 Å². The minimum Gasteiger partial charge on any atom is -0.393 e. The van der Waals surface area contributed by atoms with Crippen LogP contribution in [0, 0.1) is 12.8 Å². The minimum absolute atomic E-state index is 0.122. The van der Waals surface area contributed by atoms with E-state index in [2.05, 4.69) is 15.7 Å². The molecule has 4 atom stereocenters. The molecule has 3 N–H and O–H groups in total. The van der Waals surface area contributed by atoms with Crippen molar-refractivity contribution in [2.24, 2.45) is 5.92 Å². The van der Waals surface area contributed by atoms with Crippen molar-refractivity contribution in [1.29, 1.82) is 0 Å². The van der Waals surface area contributed by atoms with Crippen molar-refractivity contribution in [1.82, 2.24) is 20.4 Å². The predicted octanol–water partition coefficient (Wildman–Crippen LogP) is 3.27. The molecule has 1 aliphatic heterocycles. The quantitative estimate of drug-likeness (QED) is 0.526. The van der Waals surface area contributed by atoms with Crippen LogP contribution in [0.25, 0.3) is 10.9 Å². The van der Waals surface area contributed by atoms with E-state index in [1.54, 1.807) is 17.7 Å². The van der Waals surface area contributed by atoms with Crippen LogP contribution >= 0.6 is 11.8 Å². The largest absolute Gasteiger partial charge is 0.393 e. The number of benzene rings is 1. The van der Waals surface area contributed by atoms with Crippen molar-refractivity contribution in [2.45, 2.75) is 79.7 Å². The van der Waals surface area contributed by atoms with Gasteiger partial charge in [0.15, 0.2) is 20.0 Å². The van der Waals surface area contributed by atoms with Gasteiger partial charge in [0.25, 0.3) is 0 Å². The topological polar surface area (TPSA) is 113 Å². The lowest BCUT2D eigenvalue weighted by atomic mass is 9.97. The molecule has 1 aromatic carbocycles. The van der Waals surface area contributed by atoms with Gasteiger partial charge in [-0.1, -0.05) is 0 Å². The molecule has 0 radical (unpaired) electrons. The first kappa shape index (κ1) is 23.6. The van der Waals surface area contributed by atoms with Gasteiger partial charge in [-0.25, -0.2) is 8.42 Å². The molecule has 5 rings (SSSR count). The van der Waals surface area contributed by atoms with Gasteiger partial charge in [0.2, 0.25) is 5.91 Å². The highest BCUT2D eigenvalue weighted by molar-refractivity contribution is 8.04. The fourth-order valence-electron chi connectivity index (χ4n) is 5.01. The van der Waals surface area contributed by atoms with Crippen LogP contribution in [-0.4, -0.2) is 45.6 Å². The summed E-state index contributed by atoms with van der Waals surface area (Å²) in [5.74, 6) is -0.221. The van der Waals surface area contributed by atoms with Gasteiger partial charge in [0, 0.05) is 11.6 Å². The van der Waals surface area contributed by atoms with E-state index in [0.717, 1.165) is 23.7 Å². The number of aliphatic hydroxyl groups excluding tert-OH is 1. The smallest absolute Gasteiger partial charge is 0.247 e. The Hall–Kier alpha value is -2.11. The minimum atomic E-state index is -3.46. The molecule has 2 aromatic rings. The molecular formula is C23H29FN4O4S2. The lowest BCUT2D eigenvalue weighted by Crippen LogP contribution is -2.52. The number of halogens is 1. The van der Waals surface area contributed by atoms with Gasteiger partial charge >= 0.3 is 0 Å². The molecule has 3 aliphatic rings. The molecule has 0 bridgehead atoms. The number of fused-ring (bicyclic) bond motifs is 1. The fourth-order valence-corrected chi connectivity index (χ4v) is 7.72. The molecular weight excluding hydrogens is 479 g/mol. The van der Waals surface area contributed by atoms with Crippen LogP contribution in [0.15, 0.2) is 34.6 Å². The highest BCUT2D eigenvalue weighted by atomic mass is 32.2. The summed E-state index contributed by atoms with van der Waals surface area (Å²) in [5.41, 5.74) is 1.36. The Bertz CT molecular complexity index is 1270. The van der Waals surface area contributed by atoms with Crippen LogP contribution in [0.2, 0.25) is 0 Å². The molecule has 8 nitrogen and oxygen atoms in total. The van der Waals surface area contributed by atoms with Crippen molar-refractivity contribution in [3.05, 3.63) is 35.3 Å². The number of carbonyl (C=O) groups excluding carboxylic acids is 1. The number of aryl methyl sites for hydroxylation is 1. The van der Waals surface area contributed by atoms with Gasteiger partial charge in [0.1, 0.15) is 6.04 Å². The second kappa shape index (κ2) is 8.53.